The number of carbonyl (C=O) groups excluding carboxylic acids is 1. The normalized spacial score (nSPS) is 12.2. The van der Waals surface area contributed by atoms with E-state index in [-0.39, 0.29) is 16.8 Å². The van der Waals surface area contributed by atoms with Crippen molar-refractivity contribution in [1.29, 1.82) is 0 Å². The average molecular weight is 497 g/mol. The van der Waals surface area contributed by atoms with E-state index in [9.17, 15) is 13.2 Å². The molecule has 1 N–H and O–H groups in total. The molecule has 0 aromatic heterocycles. The minimum absolute atomic E-state index is 0.0684. The Morgan fingerprint density at radius 3 is 2.11 bits per heavy atom. The van der Waals surface area contributed by atoms with Gasteiger partial charge in [-0.15, -0.1) is 0 Å². The number of methoxy groups -OCH3 is 2. The van der Waals surface area contributed by atoms with Crippen LogP contribution in [0.1, 0.15) is 42.2 Å². The molecule has 0 spiro atoms. The molecule has 8 heteroatoms. The molecule has 0 heterocycles. The van der Waals surface area contributed by atoms with E-state index in [0.717, 1.165) is 12.0 Å². The fraction of sp³-hybridized carbons (Fsp3) is 0.296. The Bertz CT molecular complexity index is 1240. The molecule has 1 unspecified atom stereocenters. The molecule has 1 atom stereocenters. The average Bonchev–Trinajstić information content (AvgIpc) is 2.87. The lowest BCUT2D eigenvalue weighted by molar-refractivity contribution is 0.0932. The SMILES string of the molecule is COc1ccc(S(=O)(=O)N(C)c2ccc(C(=O)NC(CC(C)C)c3ccccc3)cc2)cc1OC. The maximum absolute atomic E-state index is 13.2. The predicted octanol–water partition coefficient (Wildman–Crippen LogP) is 5.05. The Balaban J connectivity index is 1.79. The van der Waals surface area contributed by atoms with Crippen LogP contribution in [0.15, 0.2) is 77.7 Å². The summed E-state index contributed by atoms with van der Waals surface area (Å²) in [7, 11) is 0.550. The van der Waals surface area contributed by atoms with Gasteiger partial charge in [0.05, 0.1) is 30.8 Å². The Labute approximate surface area is 207 Å². The Hall–Kier alpha value is -3.52. The number of benzene rings is 3. The molecule has 0 fully saturated rings. The van der Waals surface area contributed by atoms with Gasteiger partial charge in [-0.2, -0.15) is 0 Å². The van der Waals surface area contributed by atoms with Crippen molar-refractivity contribution in [1.82, 2.24) is 5.32 Å². The first-order valence-corrected chi connectivity index (χ1v) is 12.8. The molecule has 3 aromatic rings. The van der Waals surface area contributed by atoms with Gasteiger partial charge < -0.3 is 14.8 Å². The number of hydrogen-bond acceptors (Lipinski definition) is 5. The molecule has 3 rings (SSSR count). The molecule has 0 radical (unpaired) electrons. The standard InChI is InChI=1S/C27H32N2O5S/c1-19(2)17-24(20-9-7-6-8-10-20)28-27(30)21-11-13-22(14-12-21)29(3)35(31,32)23-15-16-25(33-4)26(18-23)34-5/h6-16,18-19,24H,17H2,1-5H3,(H,28,30). The van der Waals surface area contributed by atoms with E-state index in [1.54, 1.807) is 30.3 Å². The molecule has 3 aromatic carbocycles. The van der Waals surface area contributed by atoms with Crippen molar-refractivity contribution in [2.24, 2.45) is 5.92 Å². The number of nitrogens with zero attached hydrogens (tertiary/aromatic N) is 1. The van der Waals surface area contributed by atoms with Crippen LogP contribution >= 0.6 is 0 Å². The molecule has 0 bridgehead atoms. The van der Waals surface area contributed by atoms with Gasteiger partial charge in [-0.05, 0) is 54.3 Å². The second-order valence-electron chi connectivity index (χ2n) is 8.60. The van der Waals surface area contributed by atoms with Gasteiger partial charge in [0.15, 0.2) is 11.5 Å². The summed E-state index contributed by atoms with van der Waals surface area (Å²) in [6, 6.07) is 20.7. The molecule has 7 nitrogen and oxygen atoms in total. The number of nitrogens with one attached hydrogen (secondary N) is 1. The largest absolute Gasteiger partial charge is 0.493 e. The number of anilines is 1. The molecule has 35 heavy (non-hydrogen) atoms. The molecule has 0 aliphatic heterocycles. The van der Waals surface area contributed by atoms with E-state index in [4.69, 9.17) is 9.47 Å². The van der Waals surface area contributed by atoms with E-state index in [0.29, 0.717) is 28.7 Å². The summed E-state index contributed by atoms with van der Waals surface area (Å²) in [5.41, 5.74) is 1.93. The summed E-state index contributed by atoms with van der Waals surface area (Å²) in [6.45, 7) is 4.23. The molecular weight excluding hydrogens is 464 g/mol. The van der Waals surface area contributed by atoms with E-state index < -0.39 is 10.0 Å². The summed E-state index contributed by atoms with van der Waals surface area (Å²) in [4.78, 5) is 13.0. The van der Waals surface area contributed by atoms with Crippen LogP contribution in [0, 0.1) is 5.92 Å². The van der Waals surface area contributed by atoms with E-state index in [1.165, 1.54) is 37.7 Å². The Morgan fingerprint density at radius 1 is 0.914 bits per heavy atom. The minimum Gasteiger partial charge on any atom is -0.493 e. The fourth-order valence-corrected chi connectivity index (χ4v) is 4.98. The zero-order valence-corrected chi connectivity index (χ0v) is 21.5. The first-order chi connectivity index (χ1) is 16.7. The van der Waals surface area contributed by atoms with Crippen LogP contribution in [0.25, 0.3) is 0 Å². The van der Waals surface area contributed by atoms with Gasteiger partial charge in [-0.3, -0.25) is 9.10 Å². The van der Waals surface area contributed by atoms with Crippen molar-refractivity contribution in [3.8, 4) is 11.5 Å². The lowest BCUT2D eigenvalue weighted by atomic mass is 9.96. The van der Waals surface area contributed by atoms with E-state index in [2.05, 4.69) is 19.2 Å². The van der Waals surface area contributed by atoms with Crippen molar-refractivity contribution in [3.63, 3.8) is 0 Å². The van der Waals surface area contributed by atoms with Crippen molar-refractivity contribution in [2.75, 3.05) is 25.6 Å². The fourth-order valence-electron chi connectivity index (χ4n) is 3.77. The molecule has 1 amide bonds. The highest BCUT2D eigenvalue weighted by Gasteiger charge is 2.24. The first kappa shape index (κ1) is 26.1. The molecule has 0 aliphatic carbocycles. The number of ether oxygens (including phenoxy) is 2. The molecule has 186 valence electrons. The quantitative estimate of drug-likeness (QED) is 0.425. The van der Waals surface area contributed by atoms with Gasteiger partial charge in [-0.1, -0.05) is 44.2 Å². The molecule has 0 saturated heterocycles. The first-order valence-electron chi connectivity index (χ1n) is 11.3. The molecule has 0 saturated carbocycles. The lowest BCUT2D eigenvalue weighted by Crippen LogP contribution is -2.30. The third kappa shape index (κ3) is 6.14. The Kier molecular flexibility index (Phi) is 8.40. The van der Waals surface area contributed by atoms with E-state index in [1.807, 2.05) is 30.3 Å². The van der Waals surface area contributed by atoms with Crippen molar-refractivity contribution in [2.45, 2.75) is 31.2 Å². The van der Waals surface area contributed by atoms with Gasteiger partial charge in [0.25, 0.3) is 15.9 Å². The van der Waals surface area contributed by atoms with Crippen LogP contribution in [-0.2, 0) is 10.0 Å². The summed E-state index contributed by atoms with van der Waals surface area (Å²) in [5, 5.41) is 3.11. The van der Waals surface area contributed by atoms with Crippen molar-refractivity contribution >= 4 is 21.6 Å². The van der Waals surface area contributed by atoms with Crippen molar-refractivity contribution < 1.29 is 22.7 Å². The van der Waals surface area contributed by atoms with Gasteiger partial charge in [0.1, 0.15) is 0 Å². The van der Waals surface area contributed by atoms with Gasteiger partial charge in [-0.25, -0.2) is 8.42 Å². The van der Waals surface area contributed by atoms with Crippen LogP contribution in [0.3, 0.4) is 0 Å². The topological polar surface area (TPSA) is 84.9 Å². The third-order valence-corrected chi connectivity index (χ3v) is 7.50. The second kappa shape index (κ2) is 11.3. The number of amides is 1. The highest BCUT2D eigenvalue weighted by Crippen LogP contribution is 2.31. The zero-order chi connectivity index (χ0) is 25.6. The smallest absolute Gasteiger partial charge is 0.264 e. The third-order valence-electron chi connectivity index (χ3n) is 5.72. The van der Waals surface area contributed by atoms with Gasteiger partial charge in [0.2, 0.25) is 0 Å². The molecular formula is C27H32N2O5S. The predicted molar refractivity (Wildman–Crippen MR) is 138 cm³/mol. The lowest BCUT2D eigenvalue weighted by Gasteiger charge is -2.22. The summed E-state index contributed by atoms with van der Waals surface area (Å²) in [6.07, 6.45) is 0.806. The highest BCUT2D eigenvalue weighted by molar-refractivity contribution is 7.92. The van der Waals surface area contributed by atoms with Gasteiger partial charge in [0, 0.05) is 18.7 Å². The minimum atomic E-state index is -3.85. The number of rotatable bonds is 10. The zero-order valence-electron chi connectivity index (χ0n) is 20.7. The van der Waals surface area contributed by atoms with Gasteiger partial charge >= 0.3 is 0 Å². The highest BCUT2D eigenvalue weighted by atomic mass is 32.2. The van der Waals surface area contributed by atoms with Crippen molar-refractivity contribution in [3.05, 3.63) is 83.9 Å². The number of sulfonamides is 1. The van der Waals surface area contributed by atoms with Crippen LogP contribution in [0.5, 0.6) is 11.5 Å². The maximum Gasteiger partial charge on any atom is 0.264 e. The maximum atomic E-state index is 13.2. The van der Waals surface area contributed by atoms with Crippen LogP contribution in [0.4, 0.5) is 5.69 Å². The van der Waals surface area contributed by atoms with Crippen LogP contribution in [0.2, 0.25) is 0 Å². The Morgan fingerprint density at radius 2 is 1.54 bits per heavy atom. The monoisotopic (exact) mass is 496 g/mol. The second-order valence-corrected chi connectivity index (χ2v) is 10.6. The molecule has 0 aliphatic rings. The summed E-state index contributed by atoms with van der Waals surface area (Å²) >= 11 is 0. The summed E-state index contributed by atoms with van der Waals surface area (Å²) < 4.78 is 37.9. The van der Waals surface area contributed by atoms with E-state index >= 15 is 0 Å². The number of hydrogen-bond donors (Lipinski definition) is 1. The summed E-state index contributed by atoms with van der Waals surface area (Å²) in [5.74, 6) is 0.953. The number of carbonyl (C=O) groups is 1. The van der Waals surface area contributed by atoms with Crippen LogP contribution < -0.4 is 19.1 Å². The van der Waals surface area contributed by atoms with Crippen LogP contribution in [-0.4, -0.2) is 35.6 Å².